The summed E-state index contributed by atoms with van der Waals surface area (Å²) in [7, 11) is 0. The fourth-order valence-electron chi connectivity index (χ4n) is 1.49. The Morgan fingerprint density at radius 2 is 1.92 bits per heavy atom. The molecule has 2 heteroatoms. The summed E-state index contributed by atoms with van der Waals surface area (Å²) in [6.45, 7) is 6.71. The van der Waals surface area contributed by atoms with Gasteiger partial charge in [-0.3, -0.25) is 0 Å². The van der Waals surface area contributed by atoms with Crippen LogP contribution in [0, 0.1) is 5.92 Å². The molecule has 0 fully saturated rings. The second-order valence-electron chi connectivity index (χ2n) is 3.23. The van der Waals surface area contributed by atoms with Crippen molar-refractivity contribution in [3.8, 4) is 0 Å². The van der Waals surface area contributed by atoms with E-state index in [0.717, 1.165) is 5.92 Å². The van der Waals surface area contributed by atoms with Crippen LogP contribution in [-0.2, 0) is 0 Å². The lowest BCUT2D eigenvalue weighted by Crippen LogP contribution is -2.04. The molecule has 1 aliphatic rings. The van der Waals surface area contributed by atoms with Crippen molar-refractivity contribution in [1.82, 2.24) is 6.15 Å². The first-order valence-electron chi connectivity index (χ1n) is 4.08. The van der Waals surface area contributed by atoms with E-state index < -0.39 is 0 Å². The molecule has 0 aliphatic heterocycles. The highest BCUT2D eigenvalue weighted by Crippen LogP contribution is 2.26. The van der Waals surface area contributed by atoms with E-state index in [1.54, 1.807) is 5.57 Å². The van der Waals surface area contributed by atoms with Gasteiger partial charge in [-0.2, -0.15) is 0 Å². The molecule has 0 saturated carbocycles. The zero-order valence-corrected chi connectivity index (χ0v) is 8.35. The molecule has 0 radical (unpaired) electrons. The molecule has 1 unspecified atom stereocenters. The normalized spacial score (nSPS) is 21.4. The summed E-state index contributed by atoms with van der Waals surface area (Å²) in [5.74, 6) is 0.824. The lowest BCUT2D eigenvalue weighted by atomic mass is 9.87. The van der Waals surface area contributed by atoms with E-state index in [2.05, 4.69) is 32.9 Å². The Morgan fingerprint density at radius 3 is 2.33 bits per heavy atom. The third-order valence-corrected chi connectivity index (χ3v) is 2.34. The molecule has 0 aromatic rings. The zero-order valence-electron chi connectivity index (χ0n) is 8.35. The number of hydrogen-bond acceptors (Lipinski definition) is 1. The van der Waals surface area contributed by atoms with Gasteiger partial charge in [0.25, 0.3) is 0 Å². The van der Waals surface area contributed by atoms with E-state index in [-0.39, 0.29) is 11.6 Å². The summed E-state index contributed by atoms with van der Waals surface area (Å²) in [6.07, 6.45) is 7.06. The first kappa shape index (κ1) is 14.0. The summed E-state index contributed by atoms with van der Waals surface area (Å²) in [6, 6.07) is 0. The minimum absolute atomic E-state index is 0. The Hall–Kier alpha value is -0.600. The molecule has 2 nitrogen and oxygen atoms in total. The summed E-state index contributed by atoms with van der Waals surface area (Å²) < 4.78 is 0. The number of allylic oxidation sites excluding steroid dienone is 4. The SMILES string of the molecule is CCC1CC(C)=CC=C1C.N.O. The highest BCUT2D eigenvalue weighted by molar-refractivity contribution is 5.23. The van der Waals surface area contributed by atoms with E-state index in [9.17, 15) is 0 Å². The first-order chi connectivity index (χ1) is 4.74. The number of rotatable bonds is 1. The molecule has 12 heavy (non-hydrogen) atoms. The molecule has 5 N–H and O–H groups in total. The Morgan fingerprint density at radius 1 is 1.33 bits per heavy atom. The van der Waals surface area contributed by atoms with Crippen molar-refractivity contribution < 1.29 is 5.48 Å². The van der Waals surface area contributed by atoms with Crippen LogP contribution in [0.4, 0.5) is 0 Å². The van der Waals surface area contributed by atoms with Gasteiger partial charge in [0.2, 0.25) is 0 Å². The van der Waals surface area contributed by atoms with Crippen molar-refractivity contribution in [2.75, 3.05) is 0 Å². The Bertz CT molecular complexity index is 182. The van der Waals surface area contributed by atoms with Gasteiger partial charge in [0, 0.05) is 0 Å². The molecule has 1 atom stereocenters. The number of hydrogen-bond donors (Lipinski definition) is 1. The van der Waals surface area contributed by atoms with E-state index in [4.69, 9.17) is 0 Å². The molecule has 72 valence electrons. The highest BCUT2D eigenvalue weighted by Gasteiger charge is 2.11. The third kappa shape index (κ3) is 3.20. The standard InChI is InChI=1S/C10H16.H3N.H2O/c1-4-10-7-8(2)5-6-9(10)3;;/h5-6,10H,4,7H2,1-3H3;1H3;1H2. The minimum atomic E-state index is 0. The molecule has 1 rings (SSSR count). The highest BCUT2D eigenvalue weighted by atomic mass is 16.0. The smallest absolute Gasteiger partial charge is 0.0168 e. The zero-order chi connectivity index (χ0) is 7.56. The van der Waals surface area contributed by atoms with Crippen molar-refractivity contribution in [2.24, 2.45) is 5.92 Å². The van der Waals surface area contributed by atoms with Gasteiger partial charge in [-0.1, -0.05) is 30.2 Å². The Balaban J connectivity index is 0. The van der Waals surface area contributed by atoms with Crippen LogP contribution in [0.1, 0.15) is 33.6 Å². The molecule has 0 saturated heterocycles. The van der Waals surface area contributed by atoms with Gasteiger partial charge in [-0.25, -0.2) is 0 Å². The molecule has 1 aliphatic carbocycles. The quantitative estimate of drug-likeness (QED) is 0.647. The van der Waals surface area contributed by atoms with Crippen molar-refractivity contribution >= 4 is 0 Å². The molecule has 0 spiro atoms. The monoisotopic (exact) mass is 171 g/mol. The average Bonchev–Trinajstić information content (AvgIpc) is 1.94. The van der Waals surface area contributed by atoms with Crippen molar-refractivity contribution in [3.05, 3.63) is 23.3 Å². The molecule has 0 aromatic heterocycles. The van der Waals surface area contributed by atoms with Gasteiger partial charge in [0.15, 0.2) is 0 Å². The van der Waals surface area contributed by atoms with Crippen molar-refractivity contribution in [1.29, 1.82) is 0 Å². The van der Waals surface area contributed by atoms with Crippen LogP contribution in [0.2, 0.25) is 0 Å². The van der Waals surface area contributed by atoms with Gasteiger partial charge in [-0.15, -0.1) is 0 Å². The summed E-state index contributed by atoms with van der Waals surface area (Å²) in [5, 5.41) is 0. The maximum absolute atomic E-state index is 2.26. The van der Waals surface area contributed by atoms with E-state index in [1.165, 1.54) is 18.4 Å². The molecule has 0 heterocycles. The molecule has 0 aromatic carbocycles. The van der Waals surface area contributed by atoms with Crippen LogP contribution < -0.4 is 6.15 Å². The molecular weight excluding hydrogens is 150 g/mol. The van der Waals surface area contributed by atoms with Gasteiger partial charge >= 0.3 is 0 Å². The second-order valence-corrected chi connectivity index (χ2v) is 3.23. The second kappa shape index (κ2) is 5.98. The molecular formula is C10H21NO. The van der Waals surface area contributed by atoms with Crippen LogP contribution in [0.3, 0.4) is 0 Å². The fourth-order valence-corrected chi connectivity index (χ4v) is 1.49. The van der Waals surface area contributed by atoms with Crippen LogP contribution in [0.5, 0.6) is 0 Å². The van der Waals surface area contributed by atoms with E-state index >= 15 is 0 Å². The van der Waals surface area contributed by atoms with Crippen molar-refractivity contribution in [2.45, 2.75) is 33.6 Å². The minimum Gasteiger partial charge on any atom is -0.412 e. The fraction of sp³-hybridized carbons (Fsp3) is 0.600. The largest absolute Gasteiger partial charge is 0.412 e. The van der Waals surface area contributed by atoms with Crippen LogP contribution >= 0.6 is 0 Å². The lowest BCUT2D eigenvalue weighted by molar-refractivity contribution is 0.578. The summed E-state index contributed by atoms with van der Waals surface area (Å²) in [5.41, 5.74) is 3.07. The van der Waals surface area contributed by atoms with Gasteiger partial charge in [-0.05, 0) is 32.6 Å². The van der Waals surface area contributed by atoms with Crippen molar-refractivity contribution in [3.63, 3.8) is 0 Å². The first-order valence-corrected chi connectivity index (χ1v) is 4.08. The Labute approximate surface area is 75.3 Å². The van der Waals surface area contributed by atoms with Crippen LogP contribution in [0.15, 0.2) is 23.3 Å². The van der Waals surface area contributed by atoms with Gasteiger partial charge in [0.05, 0.1) is 0 Å². The topological polar surface area (TPSA) is 66.5 Å². The van der Waals surface area contributed by atoms with Gasteiger partial charge in [0.1, 0.15) is 0 Å². The summed E-state index contributed by atoms with van der Waals surface area (Å²) in [4.78, 5) is 0. The maximum atomic E-state index is 2.26. The Kier molecular flexibility index (Phi) is 6.95. The van der Waals surface area contributed by atoms with E-state index in [0.29, 0.717) is 0 Å². The van der Waals surface area contributed by atoms with E-state index in [1.807, 2.05) is 0 Å². The molecule has 0 bridgehead atoms. The maximum Gasteiger partial charge on any atom is -0.0168 e. The van der Waals surface area contributed by atoms with Crippen LogP contribution in [0.25, 0.3) is 0 Å². The summed E-state index contributed by atoms with van der Waals surface area (Å²) >= 11 is 0. The average molecular weight is 171 g/mol. The predicted molar refractivity (Wildman–Crippen MR) is 54.5 cm³/mol. The lowest BCUT2D eigenvalue weighted by Gasteiger charge is -2.19. The van der Waals surface area contributed by atoms with Gasteiger partial charge < -0.3 is 11.6 Å². The predicted octanol–water partition coefficient (Wildman–Crippen LogP) is 2.65. The molecule has 0 amide bonds. The van der Waals surface area contributed by atoms with Crippen LogP contribution in [-0.4, -0.2) is 5.48 Å². The third-order valence-electron chi connectivity index (χ3n) is 2.34.